The molecule has 0 unspecified atom stereocenters. The fraction of sp³-hybridized carbons (Fsp3) is 0.167. The summed E-state index contributed by atoms with van der Waals surface area (Å²) in [6, 6.07) is 0.854. The molecule has 7 heteroatoms. The first-order chi connectivity index (χ1) is 6.18. The van der Waals surface area contributed by atoms with E-state index < -0.39 is 18.0 Å². The lowest BCUT2D eigenvalue weighted by Crippen LogP contribution is -1.97. The Hall–Kier alpha value is -1.79. The summed E-state index contributed by atoms with van der Waals surface area (Å²) in [6.45, 7) is 0. The summed E-state index contributed by atoms with van der Waals surface area (Å²) in [5.41, 5.74) is -0.516. The molecule has 0 radical (unpaired) electrons. The van der Waals surface area contributed by atoms with Gasteiger partial charge in [0, 0.05) is 6.07 Å². The molecule has 2 rings (SSSR count). The van der Waals surface area contributed by atoms with Crippen LogP contribution in [0.5, 0.6) is 5.88 Å². The van der Waals surface area contributed by atoms with E-state index in [0.29, 0.717) is 0 Å². The van der Waals surface area contributed by atoms with Crippen LogP contribution >= 0.6 is 0 Å². The zero-order chi connectivity index (χ0) is 9.42. The molecule has 68 valence electrons. The summed E-state index contributed by atoms with van der Waals surface area (Å²) >= 11 is 0. The first kappa shape index (κ1) is 7.84. The van der Waals surface area contributed by atoms with Gasteiger partial charge in [-0.1, -0.05) is 0 Å². The standard InChI is InChI=1S/C6H4F2N4O/c7-5(8)3-1-4(13)12-6(11-3)9-2-10-12/h1-2,5,13H. The van der Waals surface area contributed by atoms with Gasteiger partial charge in [0.1, 0.15) is 12.0 Å². The molecule has 2 aromatic heterocycles. The third-order valence-electron chi connectivity index (χ3n) is 1.48. The Balaban J connectivity index is 2.70. The molecule has 0 fully saturated rings. The van der Waals surface area contributed by atoms with Crippen molar-refractivity contribution in [1.29, 1.82) is 0 Å². The van der Waals surface area contributed by atoms with Crippen molar-refractivity contribution in [3.05, 3.63) is 18.1 Å². The molecule has 0 saturated carbocycles. The van der Waals surface area contributed by atoms with Crippen molar-refractivity contribution >= 4 is 5.78 Å². The molecule has 0 bridgehead atoms. The monoisotopic (exact) mass is 186 g/mol. The Labute approximate surface area is 70.7 Å². The van der Waals surface area contributed by atoms with Crippen LogP contribution in [-0.2, 0) is 0 Å². The average Bonchev–Trinajstić information content (AvgIpc) is 2.51. The number of halogens is 2. The third-order valence-corrected chi connectivity index (χ3v) is 1.48. The fourth-order valence-electron chi connectivity index (χ4n) is 0.926. The molecular formula is C6H4F2N4O. The number of aromatic nitrogens is 4. The molecule has 2 aromatic rings. The fourth-order valence-corrected chi connectivity index (χ4v) is 0.926. The third kappa shape index (κ3) is 1.17. The summed E-state index contributed by atoms with van der Waals surface area (Å²) in [4.78, 5) is 7.04. The van der Waals surface area contributed by atoms with Gasteiger partial charge in [-0.15, -0.1) is 0 Å². The van der Waals surface area contributed by atoms with E-state index in [2.05, 4.69) is 15.1 Å². The van der Waals surface area contributed by atoms with Crippen LogP contribution < -0.4 is 0 Å². The van der Waals surface area contributed by atoms with Gasteiger partial charge in [0.2, 0.25) is 5.88 Å². The second kappa shape index (κ2) is 2.61. The molecule has 2 heterocycles. The molecule has 1 N–H and O–H groups in total. The minimum atomic E-state index is -2.73. The molecular weight excluding hydrogens is 182 g/mol. The van der Waals surface area contributed by atoms with E-state index in [1.807, 2.05) is 0 Å². The van der Waals surface area contributed by atoms with Gasteiger partial charge in [0.05, 0.1) is 0 Å². The number of rotatable bonds is 1. The van der Waals surface area contributed by atoms with Crippen LogP contribution in [0.3, 0.4) is 0 Å². The molecule has 0 saturated heterocycles. The zero-order valence-electron chi connectivity index (χ0n) is 6.22. The zero-order valence-corrected chi connectivity index (χ0v) is 6.22. The number of fused-ring (bicyclic) bond motifs is 1. The van der Waals surface area contributed by atoms with E-state index >= 15 is 0 Å². The summed E-state index contributed by atoms with van der Waals surface area (Å²) in [5, 5.41) is 12.7. The SMILES string of the molecule is Oc1cc(C(F)F)nc2ncnn12. The van der Waals surface area contributed by atoms with Gasteiger partial charge in [-0.3, -0.25) is 0 Å². The van der Waals surface area contributed by atoms with Gasteiger partial charge in [0.25, 0.3) is 12.2 Å². The van der Waals surface area contributed by atoms with Gasteiger partial charge in [0.15, 0.2) is 0 Å². The highest BCUT2D eigenvalue weighted by molar-refractivity contribution is 5.32. The maximum atomic E-state index is 12.2. The lowest BCUT2D eigenvalue weighted by molar-refractivity contribution is 0.145. The maximum Gasteiger partial charge on any atom is 0.280 e. The van der Waals surface area contributed by atoms with E-state index in [0.717, 1.165) is 16.9 Å². The second-order valence-electron chi connectivity index (χ2n) is 2.31. The topological polar surface area (TPSA) is 63.3 Å². The molecule has 5 nitrogen and oxygen atoms in total. The number of aromatic hydroxyl groups is 1. The van der Waals surface area contributed by atoms with Crippen molar-refractivity contribution in [1.82, 2.24) is 19.6 Å². The molecule has 13 heavy (non-hydrogen) atoms. The quantitative estimate of drug-likeness (QED) is 0.714. The largest absolute Gasteiger partial charge is 0.493 e. The molecule has 0 spiro atoms. The Bertz CT molecular complexity index is 441. The summed E-state index contributed by atoms with van der Waals surface area (Å²) in [5.74, 6) is -0.451. The minimum absolute atomic E-state index is 0.0460. The average molecular weight is 186 g/mol. The molecule has 0 aliphatic rings. The lowest BCUT2D eigenvalue weighted by atomic mass is 10.4. The van der Waals surface area contributed by atoms with Crippen molar-refractivity contribution in [3.63, 3.8) is 0 Å². The van der Waals surface area contributed by atoms with Crippen LogP contribution in [0.1, 0.15) is 12.1 Å². The van der Waals surface area contributed by atoms with Gasteiger partial charge in [-0.2, -0.15) is 14.6 Å². The van der Waals surface area contributed by atoms with Crippen molar-refractivity contribution in [2.75, 3.05) is 0 Å². The number of hydrogen-bond donors (Lipinski definition) is 1. The van der Waals surface area contributed by atoms with E-state index in [-0.39, 0.29) is 5.78 Å². The van der Waals surface area contributed by atoms with Crippen molar-refractivity contribution in [2.45, 2.75) is 6.43 Å². The van der Waals surface area contributed by atoms with Gasteiger partial charge in [-0.05, 0) is 0 Å². The minimum Gasteiger partial charge on any atom is -0.493 e. The van der Waals surface area contributed by atoms with E-state index in [1.165, 1.54) is 0 Å². The van der Waals surface area contributed by atoms with Crippen molar-refractivity contribution in [2.24, 2.45) is 0 Å². The van der Waals surface area contributed by atoms with Crippen LogP contribution in [0.4, 0.5) is 8.78 Å². The molecule has 0 atom stereocenters. The summed E-state index contributed by atoms with van der Waals surface area (Å²) < 4.78 is 25.3. The smallest absolute Gasteiger partial charge is 0.280 e. The van der Waals surface area contributed by atoms with E-state index in [9.17, 15) is 13.9 Å². The van der Waals surface area contributed by atoms with Crippen LogP contribution in [0.2, 0.25) is 0 Å². The predicted molar refractivity (Wildman–Crippen MR) is 37.4 cm³/mol. The van der Waals surface area contributed by atoms with Crippen molar-refractivity contribution < 1.29 is 13.9 Å². The van der Waals surface area contributed by atoms with Gasteiger partial charge < -0.3 is 5.11 Å². The van der Waals surface area contributed by atoms with Gasteiger partial charge >= 0.3 is 0 Å². The molecule has 0 aliphatic heterocycles. The van der Waals surface area contributed by atoms with Crippen molar-refractivity contribution in [3.8, 4) is 5.88 Å². The second-order valence-corrected chi connectivity index (χ2v) is 2.31. The summed E-state index contributed by atoms with van der Waals surface area (Å²) in [7, 11) is 0. The first-order valence-corrected chi connectivity index (χ1v) is 3.36. The molecule has 0 aliphatic carbocycles. The van der Waals surface area contributed by atoms with Crippen LogP contribution in [0, 0.1) is 0 Å². The highest BCUT2D eigenvalue weighted by atomic mass is 19.3. The van der Waals surface area contributed by atoms with Crippen LogP contribution in [0.25, 0.3) is 5.78 Å². The van der Waals surface area contributed by atoms with Gasteiger partial charge in [-0.25, -0.2) is 13.8 Å². The van der Waals surface area contributed by atoms with Crippen LogP contribution in [-0.4, -0.2) is 24.7 Å². The number of nitrogens with zero attached hydrogens (tertiary/aromatic N) is 4. The van der Waals surface area contributed by atoms with E-state index in [1.54, 1.807) is 0 Å². The molecule has 0 aromatic carbocycles. The Morgan fingerprint density at radius 1 is 1.46 bits per heavy atom. The summed E-state index contributed by atoms with van der Waals surface area (Å²) in [6.07, 6.45) is -1.61. The number of hydrogen-bond acceptors (Lipinski definition) is 4. The molecule has 0 amide bonds. The first-order valence-electron chi connectivity index (χ1n) is 3.36. The lowest BCUT2D eigenvalue weighted by Gasteiger charge is -2.00. The highest BCUT2D eigenvalue weighted by Gasteiger charge is 2.13. The van der Waals surface area contributed by atoms with E-state index in [4.69, 9.17) is 0 Å². The highest BCUT2D eigenvalue weighted by Crippen LogP contribution is 2.20. The normalized spacial score (nSPS) is 11.3. The Morgan fingerprint density at radius 3 is 2.92 bits per heavy atom. The number of alkyl halides is 2. The Morgan fingerprint density at radius 2 is 2.23 bits per heavy atom. The Kier molecular flexibility index (Phi) is 1.57. The van der Waals surface area contributed by atoms with Crippen LogP contribution in [0.15, 0.2) is 12.4 Å². The predicted octanol–water partition coefficient (Wildman–Crippen LogP) is 0.767. The maximum absolute atomic E-state index is 12.2.